The third-order valence-electron chi connectivity index (χ3n) is 5.42. The summed E-state index contributed by atoms with van der Waals surface area (Å²) in [5.41, 5.74) is 5.26. The Hall–Kier alpha value is -4.13. The van der Waals surface area contributed by atoms with E-state index in [4.69, 9.17) is 28.3 Å². The van der Waals surface area contributed by atoms with Crippen LogP contribution in [0.1, 0.15) is 48.3 Å². The molecule has 1 aromatic heterocycles. The molecule has 2 aromatic carbocycles. The van der Waals surface area contributed by atoms with E-state index in [1.54, 1.807) is 30.4 Å². The van der Waals surface area contributed by atoms with Gasteiger partial charge in [-0.25, -0.2) is 0 Å². The molecule has 42 heavy (non-hydrogen) atoms. The summed E-state index contributed by atoms with van der Waals surface area (Å²) in [6.07, 6.45) is 12.3. The van der Waals surface area contributed by atoms with Crippen LogP contribution in [-0.2, 0) is 11.3 Å². The van der Waals surface area contributed by atoms with Crippen LogP contribution in [0, 0.1) is 6.92 Å². The molecule has 3 aromatic rings. The fourth-order valence-corrected chi connectivity index (χ4v) is 4.07. The number of amides is 1. The number of hydrogen-bond acceptors (Lipinski definition) is 3. The molecule has 1 heterocycles. The van der Waals surface area contributed by atoms with Crippen LogP contribution in [0.2, 0.25) is 10.0 Å². The highest BCUT2D eigenvalue weighted by Crippen LogP contribution is 2.28. The van der Waals surface area contributed by atoms with Crippen LogP contribution in [-0.4, -0.2) is 33.3 Å². The molecular weight excluding hydrogens is 569 g/mol. The van der Waals surface area contributed by atoms with Gasteiger partial charge in [0.1, 0.15) is 0 Å². The maximum atomic E-state index is 12.1. The van der Waals surface area contributed by atoms with Crippen LogP contribution in [0.25, 0.3) is 11.3 Å². The van der Waals surface area contributed by atoms with Crippen molar-refractivity contribution in [2.24, 2.45) is 0 Å². The predicted molar refractivity (Wildman–Crippen MR) is 176 cm³/mol. The van der Waals surface area contributed by atoms with E-state index >= 15 is 0 Å². The van der Waals surface area contributed by atoms with E-state index in [9.17, 15) is 9.59 Å². The normalized spacial score (nSPS) is 10.5. The third kappa shape index (κ3) is 13.5. The fourth-order valence-electron chi connectivity index (χ4n) is 3.54. The van der Waals surface area contributed by atoms with Gasteiger partial charge in [-0.1, -0.05) is 84.9 Å². The van der Waals surface area contributed by atoms with Crippen molar-refractivity contribution in [2.75, 3.05) is 6.54 Å². The molecule has 222 valence electrons. The predicted octanol–water partition coefficient (Wildman–Crippen LogP) is 8.86. The SMILES string of the molecule is C=C/C=C(\C=C)C/C=C\C.C=CC.Cc1cc(-c2cc(Cl)cc(Cl)c2)n(Cc2ccc(C(=O)NCCC(=O)O)cc2)n1. The van der Waals surface area contributed by atoms with Gasteiger partial charge in [0.05, 0.1) is 24.4 Å². The molecule has 0 saturated carbocycles. The molecule has 8 heteroatoms. The van der Waals surface area contributed by atoms with Gasteiger partial charge in [-0.15, -0.1) is 6.58 Å². The average Bonchev–Trinajstić information content (AvgIpc) is 3.31. The van der Waals surface area contributed by atoms with E-state index in [0.717, 1.165) is 28.9 Å². The number of rotatable bonds is 11. The first kappa shape index (κ1) is 35.9. The number of aromatic nitrogens is 2. The number of carbonyl (C=O) groups is 2. The molecule has 0 fully saturated rings. The molecule has 0 aliphatic heterocycles. The van der Waals surface area contributed by atoms with Gasteiger partial charge < -0.3 is 10.4 Å². The number of carboxylic acids is 1. The van der Waals surface area contributed by atoms with Crippen LogP contribution in [0.15, 0.2) is 110 Å². The Morgan fingerprint density at radius 2 is 1.64 bits per heavy atom. The lowest BCUT2D eigenvalue weighted by Gasteiger charge is -2.10. The summed E-state index contributed by atoms with van der Waals surface area (Å²) >= 11 is 12.3. The topological polar surface area (TPSA) is 84.2 Å². The molecular formula is C34H39Cl2N3O3. The number of benzene rings is 2. The molecule has 0 bridgehead atoms. The number of hydrogen-bond donors (Lipinski definition) is 2. The van der Waals surface area contributed by atoms with Gasteiger partial charge in [0.25, 0.3) is 5.91 Å². The molecule has 1 amide bonds. The van der Waals surface area contributed by atoms with Crippen LogP contribution in [0.4, 0.5) is 0 Å². The molecule has 0 aliphatic carbocycles. The first-order chi connectivity index (χ1) is 20.1. The standard InChI is InChI=1S/C21H19Cl2N3O3.C10H14.C3H6/c1-13-8-19(16-9-17(22)11-18(23)10-16)26(25-13)12-14-2-4-15(5-3-14)21(29)24-7-6-20(27)28;1-4-7-9-10(6-3)8-5-2;1-3-2/h2-5,8-11H,6-7,12H2,1H3,(H,24,29)(H,27,28);4-8H,2-3,9H2,1H3;3H,1H2,2H3/b;7-4-,10-8+;. The molecule has 0 aliphatic rings. The second kappa shape index (κ2) is 19.9. The second-order valence-corrected chi connectivity index (χ2v) is 9.82. The Balaban J connectivity index is 0.000000571. The van der Waals surface area contributed by atoms with Crippen LogP contribution >= 0.6 is 23.2 Å². The number of carboxylic acid groups (broad SMARTS) is 1. The molecule has 3 rings (SSSR count). The summed E-state index contributed by atoms with van der Waals surface area (Å²) in [6.45, 7) is 17.1. The lowest BCUT2D eigenvalue weighted by molar-refractivity contribution is -0.136. The van der Waals surface area contributed by atoms with Gasteiger partial charge in [0.2, 0.25) is 0 Å². The van der Waals surface area contributed by atoms with E-state index < -0.39 is 5.97 Å². The maximum absolute atomic E-state index is 12.1. The van der Waals surface area contributed by atoms with E-state index in [1.807, 2.05) is 74.0 Å². The van der Waals surface area contributed by atoms with Crippen LogP contribution in [0.3, 0.4) is 0 Å². The highest BCUT2D eigenvalue weighted by molar-refractivity contribution is 6.35. The second-order valence-electron chi connectivity index (χ2n) is 8.95. The van der Waals surface area contributed by atoms with Crippen molar-refractivity contribution in [3.63, 3.8) is 0 Å². The van der Waals surface area contributed by atoms with Crippen molar-refractivity contribution in [3.8, 4) is 11.3 Å². The molecule has 6 nitrogen and oxygen atoms in total. The maximum Gasteiger partial charge on any atom is 0.305 e. The van der Waals surface area contributed by atoms with Gasteiger partial charge in [-0.2, -0.15) is 5.10 Å². The number of halogens is 2. The quantitative estimate of drug-likeness (QED) is 0.168. The highest BCUT2D eigenvalue weighted by Gasteiger charge is 2.11. The third-order valence-corrected chi connectivity index (χ3v) is 5.85. The Bertz CT molecular complexity index is 1380. The molecule has 0 radical (unpaired) electrons. The monoisotopic (exact) mass is 607 g/mol. The Morgan fingerprint density at radius 3 is 2.17 bits per heavy atom. The molecule has 0 spiro atoms. The minimum absolute atomic E-state index is 0.0913. The summed E-state index contributed by atoms with van der Waals surface area (Å²) in [4.78, 5) is 22.6. The number of nitrogens with one attached hydrogen (secondary N) is 1. The number of carbonyl (C=O) groups excluding carboxylic acids is 1. The van der Waals surface area contributed by atoms with E-state index in [-0.39, 0.29) is 18.9 Å². The van der Waals surface area contributed by atoms with Gasteiger partial charge >= 0.3 is 5.97 Å². The van der Waals surface area contributed by atoms with Crippen molar-refractivity contribution in [2.45, 2.75) is 40.2 Å². The molecule has 0 saturated heterocycles. The van der Waals surface area contributed by atoms with Crippen LogP contribution in [0.5, 0.6) is 0 Å². The minimum Gasteiger partial charge on any atom is -0.481 e. The molecule has 0 atom stereocenters. The summed E-state index contributed by atoms with van der Waals surface area (Å²) in [6, 6.07) is 14.4. The number of aryl methyl sites for hydroxylation is 1. The van der Waals surface area contributed by atoms with E-state index in [2.05, 4.69) is 36.2 Å². The summed E-state index contributed by atoms with van der Waals surface area (Å²) in [5, 5.41) is 16.9. The van der Waals surface area contributed by atoms with Gasteiger partial charge in [-0.3, -0.25) is 14.3 Å². The smallest absolute Gasteiger partial charge is 0.305 e. The molecule has 2 N–H and O–H groups in total. The zero-order chi connectivity index (χ0) is 31.5. The van der Waals surface area contributed by atoms with Crippen molar-refractivity contribution in [1.29, 1.82) is 0 Å². The summed E-state index contributed by atoms with van der Waals surface area (Å²) < 4.78 is 1.86. The van der Waals surface area contributed by atoms with Crippen molar-refractivity contribution >= 4 is 35.1 Å². The first-order valence-electron chi connectivity index (χ1n) is 13.3. The van der Waals surface area contributed by atoms with Gasteiger partial charge in [0, 0.05) is 27.7 Å². The largest absolute Gasteiger partial charge is 0.481 e. The van der Waals surface area contributed by atoms with Crippen molar-refractivity contribution < 1.29 is 14.7 Å². The van der Waals surface area contributed by atoms with Crippen molar-refractivity contribution in [3.05, 3.63) is 137 Å². The summed E-state index contributed by atoms with van der Waals surface area (Å²) in [5.74, 6) is -1.26. The van der Waals surface area contributed by atoms with E-state index in [0.29, 0.717) is 22.2 Å². The first-order valence-corrected chi connectivity index (χ1v) is 14.1. The van der Waals surface area contributed by atoms with E-state index in [1.165, 1.54) is 5.57 Å². The lowest BCUT2D eigenvalue weighted by atomic mass is 10.1. The minimum atomic E-state index is -0.952. The summed E-state index contributed by atoms with van der Waals surface area (Å²) in [7, 11) is 0. The Labute approximate surface area is 259 Å². The highest BCUT2D eigenvalue weighted by atomic mass is 35.5. The number of nitrogens with zero attached hydrogens (tertiary/aromatic N) is 2. The van der Waals surface area contributed by atoms with Gasteiger partial charge in [-0.05, 0) is 74.7 Å². The average molecular weight is 609 g/mol. The van der Waals surface area contributed by atoms with Crippen molar-refractivity contribution in [1.82, 2.24) is 15.1 Å². The number of allylic oxidation sites excluding steroid dienone is 7. The molecule has 0 unspecified atom stereocenters. The van der Waals surface area contributed by atoms with Gasteiger partial charge in [0.15, 0.2) is 0 Å². The van der Waals surface area contributed by atoms with Crippen LogP contribution < -0.4 is 5.32 Å². The lowest BCUT2D eigenvalue weighted by Crippen LogP contribution is -2.25. The number of aliphatic carboxylic acids is 1. The zero-order valence-corrected chi connectivity index (χ0v) is 26.0. The fraction of sp³-hybridized carbons (Fsp3) is 0.206. The zero-order valence-electron chi connectivity index (χ0n) is 24.4. The Morgan fingerprint density at radius 1 is 1.02 bits per heavy atom. The Kier molecular flexibility index (Phi) is 17.0.